The summed E-state index contributed by atoms with van der Waals surface area (Å²) in [4.78, 5) is 39.2. The van der Waals surface area contributed by atoms with E-state index >= 15 is 0 Å². The average Bonchev–Trinajstić information content (AvgIpc) is 2.70. The Bertz CT molecular complexity index is 795. The molecule has 0 spiro atoms. The monoisotopic (exact) mass is 448 g/mol. The van der Waals surface area contributed by atoms with E-state index in [2.05, 4.69) is 0 Å². The maximum absolute atomic E-state index is 13.1. The molecule has 1 fully saturated rings. The quantitative estimate of drug-likeness (QED) is 0.456. The number of esters is 2. The van der Waals surface area contributed by atoms with Crippen molar-refractivity contribution in [2.24, 2.45) is 23.7 Å². The van der Waals surface area contributed by atoms with Crippen LogP contribution in [0.2, 0.25) is 0 Å². The van der Waals surface area contributed by atoms with Gasteiger partial charge in [-0.05, 0) is 43.4 Å². The molecular weight excluding hydrogens is 412 g/mol. The number of ketones is 1. The smallest absolute Gasteiger partial charge is 0.317 e. The zero-order chi connectivity index (χ0) is 24.1. The minimum absolute atomic E-state index is 0.0940. The molecule has 0 radical (unpaired) electrons. The highest BCUT2D eigenvalue weighted by Crippen LogP contribution is 2.47. The predicted octanol–water partition coefficient (Wildman–Crippen LogP) is 3.52. The van der Waals surface area contributed by atoms with Crippen LogP contribution in [0.25, 0.3) is 0 Å². The van der Waals surface area contributed by atoms with Crippen molar-refractivity contribution in [3.05, 3.63) is 29.8 Å². The second-order valence-corrected chi connectivity index (χ2v) is 9.53. The lowest BCUT2D eigenvalue weighted by Crippen LogP contribution is -2.55. The highest BCUT2D eigenvalue weighted by atomic mass is 16.5. The highest BCUT2D eigenvalue weighted by Gasteiger charge is 2.57. The van der Waals surface area contributed by atoms with Gasteiger partial charge >= 0.3 is 11.9 Å². The van der Waals surface area contributed by atoms with Crippen molar-refractivity contribution in [3.8, 4) is 5.75 Å². The van der Waals surface area contributed by atoms with E-state index in [4.69, 9.17) is 14.2 Å². The van der Waals surface area contributed by atoms with Gasteiger partial charge in [-0.2, -0.15) is 0 Å². The van der Waals surface area contributed by atoms with Crippen LogP contribution in [-0.4, -0.2) is 48.3 Å². The van der Waals surface area contributed by atoms with Gasteiger partial charge in [-0.25, -0.2) is 0 Å². The number of Topliss-reactive ketones (excluding diaryl/α,β-unsaturated/α-hetero) is 1. The third-order valence-electron chi connectivity index (χ3n) is 5.47. The van der Waals surface area contributed by atoms with Crippen LogP contribution in [0.3, 0.4) is 0 Å². The van der Waals surface area contributed by atoms with Gasteiger partial charge < -0.3 is 19.3 Å². The Morgan fingerprint density at radius 3 is 2.06 bits per heavy atom. The van der Waals surface area contributed by atoms with Crippen molar-refractivity contribution in [2.75, 3.05) is 19.8 Å². The Kier molecular flexibility index (Phi) is 8.84. The number of rotatable bonds is 9. The van der Waals surface area contributed by atoms with Crippen molar-refractivity contribution >= 4 is 17.7 Å². The van der Waals surface area contributed by atoms with Gasteiger partial charge in [0.2, 0.25) is 0 Å². The molecule has 1 aromatic carbocycles. The molecule has 2 rings (SSSR count). The van der Waals surface area contributed by atoms with E-state index in [1.54, 1.807) is 24.3 Å². The largest absolute Gasteiger partial charge is 0.494 e. The van der Waals surface area contributed by atoms with E-state index in [0.717, 1.165) is 0 Å². The molecule has 1 saturated carbocycles. The molecule has 0 aromatic heterocycles. The lowest BCUT2D eigenvalue weighted by Gasteiger charge is -2.43. The molecule has 0 bridgehead atoms. The van der Waals surface area contributed by atoms with Crippen LogP contribution in [0.4, 0.5) is 0 Å². The maximum Gasteiger partial charge on any atom is 0.317 e. The fourth-order valence-electron chi connectivity index (χ4n) is 4.05. The molecule has 0 saturated heterocycles. The van der Waals surface area contributed by atoms with Gasteiger partial charge in [0.15, 0.2) is 5.78 Å². The molecule has 178 valence electrons. The number of carbonyl (C=O) groups is 3. The van der Waals surface area contributed by atoms with Gasteiger partial charge in [-0.1, -0.05) is 39.8 Å². The Labute approximate surface area is 190 Å². The topological polar surface area (TPSA) is 99.1 Å². The zero-order valence-electron chi connectivity index (χ0n) is 19.9. The van der Waals surface area contributed by atoms with Gasteiger partial charge in [-0.3, -0.25) is 14.4 Å². The lowest BCUT2D eigenvalue weighted by molar-refractivity contribution is -0.173. The van der Waals surface area contributed by atoms with Gasteiger partial charge in [0.25, 0.3) is 0 Å². The van der Waals surface area contributed by atoms with E-state index in [9.17, 15) is 19.5 Å². The van der Waals surface area contributed by atoms with Gasteiger partial charge in [0.1, 0.15) is 11.7 Å². The van der Waals surface area contributed by atoms with Crippen molar-refractivity contribution < 1.29 is 33.7 Å². The standard InChI is InChI=1S/C25H36O7/c1-7-30-18-10-8-17(9-11-18)20-21(23(27)31-13-15(2)3)19(26)12-25(6,29)22(20)24(28)32-14-16(4)5/h8-11,15-16,20-22,29H,7,12-14H2,1-6H3/t20-,21+,22-,25+/m0/s1. The number of carbonyl (C=O) groups excluding carboxylic acids is 3. The second kappa shape index (κ2) is 10.9. The molecule has 1 N–H and O–H groups in total. The molecule has 1 aliphatic rings. The first-order valence-corrected chi connectivity index (χ1v) is 11.3. The molecule has 1 aromatic rings. The number of ether oxygens (including phenoxy) is 3. The SMILES string of the molecule is CCOc1ccc([C@H]2[C@H](C(=O)OCC(C)C)C(=O)C[C@@](C)(O)[C@@H]2C(=O)OCC(C)C)cc1. The molecule has 0 unspecified atom stereocenters. The predicted molar refractivity (Wildman–Crippen MR) is 119 cm³/mol. The maximum atomic E-state index is 13.1. The van der Waals surface area contributed by atoms with Gasteiger partial charge in [-0.15, -0.1) is 0 Å². The second-order valence-electron chi connectivity index (χ2n) is 9.53. The minimum Gasteiger partial charge on any atom is -0.494 e. The summed E-state index contributed by atoms with van der Waals surface area (Å²) in [7, 11) is 0. The number of aliphatic hydroxyl groups is 1. The lowest BCUT2D eigenvalue weighted by atomic mass is 9.61. The van der Waals surface area contributed by atoms with E-state index in [1.165, 1.54) is 6.92 Å². The summed E-state index contributed by atoms with van der Waals surface area (Å²) in [6.07, 6.45) is -0.330. The minimum atomic E-state index is -1.66. The summed E-state index contributed by atoms with van der Waals surface area (Å²) >= 11 is 0. The molecule has 7 heteroatoms. The van der Waals surface area contributed by atoms with E-state index < -0.39 is 41.1 Å². The van der Waals surface area contributed by atoms with Crippen LogP contribution in [0.1, 0.15) is 59.4 Å². The van der Waals surface area contributed by atoms with Gasteiger partial charge in [0.05, 0.1) is 31.3 Å². The third-order valence-corrected chi connectivity index (χ3v) is 5.47. The van der Waals surface area contributed by atoms with Crippen LogP contribution in [0.15, 0.2) is 24.3 Å². The van der Waals surface area contributed by atoms with Crippen molar-refractivity contribution in [1.82, 2.24) is 0 Å². The van der Waals surface area contributed by atoms with Crippen LogP contribution in [0, 0.1) is 23.7 Å². The van der Waals surface area contributed by atoms with E-state index in [0.29, 0.717) is 17.9 Å². The summed E-state index contributed by atoms with van der Waals surface area (Å²) in [6, 6.07) is 6.88. The first-order valence-electron chi connectivity index (χ1n) is 11.3. The Balaban J connectivity index is 2.51. The van der Waals surface area contributed by atoms with Gasteiger partial charge in [0, 0.05) is 12.3 Å². The molecule has 4 atom stereocenters. The molecule has 1 aliphatic carbocycles. The summed E-state index contributed by atoms with van der Waals surface area (Å²) in [5.41, 5.74) is -1.09. The molecular formula is C25H36O7. The molecule has 32 heavy (non-hydrogen) atoms. The van der Waals surface area contributed by atoms with E-state index in [1.807, 2.05) is 34.6 Å². The Hall–Kier alpha value is -2.41. The summed E-state index contributed by atoms with van der Waals surface area (Å²) < 4.78 is 16.4. The first-order chi connectivity index (χ1) is 15.0. The van der Waals surface area contributed by atoms with Crippen LogP contribution in [0.5, 0.6) is 5.75 Å². The van der Waals surface area contributed by atoms with Crippen LogP contribution < -0.4 is 4.74 Å². The fourth-order valence-corrected chi connectivity index (χ4v) is 4.05. The van der Waals surface area contributed by atoms with Crippen LogP contribution in [-0.2, 0) is 23.9 Å². The first kappa shape index (κ1) is 25.8. The van der Waals surface area contributed by atoms with E-state index in [-0.39, 0.29) is 31.5 Å². The molecule has 0 amide bonds. The molecule has 7 nitrogen and oxygen atoms in total. The van der Waals surface area contributed by atoms with Crippen molar-refractivity contribution in [1.29, 1.82) is 0 Å². The third kappa shape index (κ3) is 6.31. The summed E-state index contributed by atoms with van der Waals surface area (Å²) in [5.74, 6) is -4.16. The average molecular weight is 449 g/mol. The zero-order valence-corrected chi connectivity index (χ0v) is 19.9. The molecule has 0 aliphatic heterocycles. The Morgan fingerprint density at radius 1 is 1.03 bits per heavy atom. The summed E-state index contributed by atoms with van der Waals surface area (Å²) in [6.45, 7) is 11.8. The number of hydrogen-bond acceptors (Lipinski definition) is 7. The molecule has 0 heterocycles. The van der Waals surface area contributed by atoms with Crippen molar-refractivity contribution in [3.63, 3.8) is 0 Å². The number of benzene rings is 1. The van der Waals surface area contributed by atoms with Crippen LogP contribution >= 0.6 is 0 Å². The Morgan fingerprint density at radius 2 is 1.56 bits per heavy atom. The summed E-state index contributed by atoms with van der Waals surface area (Å²) in [5, 5.41) is 11.1. The van der Waals surface area contributed by atoms with Crippen molar-refractivity contribution in [2.45, 2.75) is 59.5 Å². The number of hydrogen-bond donors (Lipinski definition) is 1. The normalized spacial score (nSPS) is 25.7. The fraction of sp³-hybridized carbons (Fsp3) is 0.640. The highest BCUT2D eigenvalue weighted by molar-refractivity contribution is 6.02.